The van der Waals surface area contributed by atoms with Gasteiger partial charge in [-0.3, -0.25) is 4.90 Å². The lowest BCUT2D eigenvalue weighted by molar-refractivity contribution is -0.166. The van der Waals surface area contributed by atoms with E-state index in [1.165, 1.54) is 0 Å². The van der Waals surface area contributed by atoms with Crippen LogP contribution in [0.2, 0.25) is 0 Å². The lowest BCUT2D eigenvalue weighted by atomic mass is 10.2. The van der Waals surface area contributed by atoms with Gasteiger partial charge in [0.1, 0.15) is 5.60 Å². The highest BCUT2D eigenvalue weighted by molar-refractivity contribution is 5.75. The van der Waals surface area contributed by atoms with Crippen LogP contribution in [-0.4, -0.2) is 60.5 Å². The van der Waals surface area contributed by atoms with Gasteiger partial charge in [-0.1, -0.05) is 0 Å². The van der Waals surface area contributed by atoms with E-state index >= 15 is 0 Å². The minimum absolute atomic E-state index is 0.318. The number of morpholine rings is 1. The second-order valence-electron chi connectivity index (χ2n) is 4.96. The highest BCUT2D eigenvalue weighted by atomic mass is 16.6. The molecule has 1 aliphatic heterocycles. The number of hydrogen-bond acceptors (Lipinski definition) is 5. The normalized spacial score (nSPS) is 20.5. The zero-order valence-corrected chi connectivity index (χ0v) is 10.2. The van der Waals surface area contributed by atoms with Crippen LogP contribution in [-0.2, 0) is 14.3 Å². The van der Waals surface area contributed by atoms with Crippen LogP contribution in [0.3, 0.4) is 0 Å². The number of β-amino-alcohol motifs (C(OH)–C–C–N with tert-alkyl or cyclic N) is 1. The second-order valence-corrected chi connectivity index (χ2v) is 4.96. The molecule has 0 saturated carbocycles. The van der Waals surface area contributed by atoms with E-state index < -0.39 is 17.7 Å². The first-order valence-corrected chi connectivity index (χ1v) is 5.59. The molecule has 0 bridgehead atoms. The first-order valence-electron chi connectivity index (χ1n) is 5.59. The minimum atomic E-state index is -1.07. The van der Waals surface area contributed by atoms with Gasteiger partial charge in [0.15, 0.2) is 6.10 Å². The third-order valence-electron chi connectivity index (χ3n) is 2.21. The highest BCUT2D eigenvalue weighted by Gasteiger charge is 2.25. The molecule has 1 aliphatic rings. The van der Waals surface area contributed by atoms with Crippen molar-refractivity contribution in [3.8, 4) is 0 Å². The average Bonchev–Trinajstić information content (AvgIpc) is 2.16. The fourth-order valence-electron chi connectivity index (χ4n) is 1.47. The van der Waals surface area contributed by atoms with Crippen molar-refractivity contribution in [3.63, 3.8) is 0 Å². The summed E-state index contributed by atoms with van der Waals surface area (Å²) in [5, 5.41) is 9.68. The summed E-state index contributed by atoms with van der Waals surface area (Å²) < 4.78 is 10.3. The van der Waals surface area contributed by atoms with E-state index in [9.17, 15) is 9.90 Å². The molecule has 1 fully saturated rings. The van der Waals surface area contributed by atoms with Gasteiger partial charge in [0.2, 0.25) is 0 Å². The van der Waals surface area contributed by atoms with Crippen LogP contribution in [0.5, 0.6) is 0 Å². The molecule has 1 rings (SSSR count). The van der Waals surface area contributed by atoms with Crippen molar-refractivity contribution >= 4 is 5.97 Å². The molecule has 0 aliphatic carbocycles. The Bertz CT molecular complexity index is 231. The number of carbonyl (C=O) groups excluding carboxylic acids is 1. The summed E-state index contributed by atoms with van der Waals surface area (Å²) in [6, 6.07) is 0. The van der Waals surface area contributed by atoms with Gasteiger partial charge in [0, 0.05) is 19.6 Å². The van der Waals surface area contributed by atoms with Crippen LogP contribution >= 0.6 is 0 Å². The molecule has 16 heavy (non-hydrogen) atoms. The fourth-order valence-corrected chi connectivity index (χ4v) is 1.47. The lowest BCUT2D eigenvalue weighted by Crippen LogP contribution is -2.44. The van der Waals surface area contributed by atoms with Crippen molar-refractivity contribution in [2.75, 3.05) is 32.8 Å². The molecule has 1 saturated heterocycles. The molecule has 5 heteroatoms. The summed E-state index contributed by atoms with van der Waals surface area (Å²) in [5.41, 5.74) is -0.553. The zero-order chi connectivity index (χ0) is 12.2. The van der Waals surface area contributed by atoms with Crippen molar-refractivity contribution in [3.05, 3.63) is 0 Å². The molecule has 0 aromatic heterocycles. The van der Waals surface area contributed by atoms with Crippen LogP contribution in [0.1, 0.15) is 20.8 Å². The maximum absolute atomic E-state index is 11.5. The average molecular weight is 231 g/mol. The molecular formula is C11H21NO4. The van der Waals surface area contributed by atoms with Crippen molar-refractivity contribution < 1.29 is 19.4 Å². The molecule has 94 valence electrons. The van der Waals surface area contributed by atoms with Crippen LogP contribution in [0, 0.1) is 0 Å². The van der Waals surface area contributed by atoms with Gasteiger partial charge in [0.05, 0.1) is 13.2 Å². The van der Waals surface area contributed by atoms with Crippen molar-refractivity contribution in [2.45, 2.75) is 32.5 Å². The number of carbonyl (C=O) groups is 1. The van der Waals surface area contributed by atoms with Crippen LogP contribution < -0.4 is 0 Å². The molecule has 1 heterocycles. The van der Waals surface area contributed by atoms with Gasteiger partial charge < -0.3 is 14.6 Å². The number of esters is 1. The van der Waals surface area contributed by atoms with Gasteiger partial charge in [-0.15, -0.1) is 0 Å². The Labute approximate surface area is 96.3 Å². The Hall–Kier alpha value is -0.650. The van der Waals surface area contributed by atoms with Gasteiger partial charge in [0.25, 0.3) is 0 Å². The first kappa shape index (κ1) is 13.4. The number of hydrogen-bond donors (Lipinski definition) is 1. The Morgan fingerprint density at radius 3 is 2.50 bits per heavy atom. The molecule has 0 spiro atoms. The SMILES string of the molecule is CC(C)(C)OC(=O)C(O)CN1CCOCC1. The van der Waals surface area contributed by atoms with Gasteiger partial charge in [-0.25, -0.2) is 4.79 Å². The molecule has 0 amide bonds. The third-order valence-corrected chi connectivity index (χ3v) is 2.21. The van der Waals surface area contributed by atoms with Crippen molar-refractivity contribution in [1.82, 2.24) is 4.90 Å². The van der Waals surface area contributed by atoms with Crippen molar-refractivity contribution in [1.29, 1.82) is 0 Å². The Morgan fingerprint density at radius 2 is 2.00 bits per heavy atom. The van der Waals surface area contributed by atoms with E-state index in [0.717, 1.165) is 13.1 Å². The van der Waals surface area contributed by atoms with Gasteiger partial charge in [-0.05, 0) is 20.8 Å². The van der Waals surface area contributed by atoms with Crippen molar-refractivity contribution in [2.24, 2.45) is 0 Å². The zero-order valence-electron chi connectivity index (χ0n) is 10.2. The number of ether oxygens (including phenoxy) is 2. The van der Waals surface area contributed by atoms with E-state index in [0.29, 0.717) is 19.8 Å². The molecule has 0 radical (unpaired) electrons. The molecule has 1 N–H and O–H groups in total. The molecule has 0 aromatic rings. The van der Waals surface area contributed by atoms with E-state index in [1.54, 1.807) is 20.8 Å². The van der Waals surface area contributed by atoms with E-state index in [4.69, 9.17) is 9.47 Å². The number of aliphatic hydroxyl groups is 1. The maximum Gasteiger partial charge on any atom is 0.336 e. The number of rotatable bonds is 3. The Morgan fingerprint density at radius 1 is 1.44 bits per heavy atom. The summed E-state index contributed by atoms with van der Waals surface area (Å²) in [7, 11) is 0. The quantitative estimate of drug-likeness (QED) is 0.694. The van der Waals surface area contributed by atoms with E-state index in [1.807, 2.05) is 4.90 Å². The maximum atomic E-state index is 11.5. The van der Waals surface area contributed by atoms with Gasteiger partial charge >= 0.3 is 5.97 Å². The van der Waals surface area contributed by atoms with E-state index in [2.05, 4.69) is 0 Å². The summed E-state index contributed by atoms with van der Waals surface area (Å²) in [6.07, 6.45) is -1.07. The minimum Gasteiger partial charge on any atom is -0.458 e. The topological polar surface area (TPSA) is 59.0 Å². The monoisotopic (exact) mass is 231 g/mol. The molecule has 0 aromatic carbocycles. The lowest BCUT2D eigenvalue weighted by Gasteiger charge is -2.29. The molecule has 1 unspecified atom stereocenters. The number of nitrogens with zero attached hydrogens (tertiary/aromatic N) is 1. The van der Waals surface area contributed by atoms with Crippen LogP contribution in [0.25, 0.3) is 0 Å². The highest BCUT2D eigenvalue weighted by Crippen LogP contribution is 2.09. The summed E-state index contributed by atoms with van der Waals surface area (Å²) >= 11 is 0. The number of aliphatic hydroxyl groups excluding tert-OH is 1. The van der Waals surface area contributed by atoms with Crippen LogP contribution in [0.4, 0.5) is 0 Å². The predicted molar refractivity (Wildman–Crippen MR) is 59.1 cm³/mol. The van der Waals surface area contributed by atoms with Gasteiger partial charge in [-0.2, -0.15) is 0 Å². The van der Waals surface area contributed by atoms with E-state index in [-0.39, 0.29) is 0 Å². The largest absolute Gasteiger partial charge is 0.458 e. The standard InChI is InChI=1S/C11H21NO4/c1-11(2,3)16-10(14)9(13)8-12-4-6-15-7-5-12/h9,13H,4-8H2,1-3H3. The summed E-state index contributed by atoms with van der Waals surface area (Å²) in [5.74, 6) is -0.556. The Kier molecular flexibility index (Phi) is 4.70. The summed E-state index contributed by atoms with van der Waals surface area (Å²) in [6.45, 7) is 8.48. The second kappa shape index (κ2) is 5.61. The third kappa shape index (κ3) is 4.92. The van der Waals surface area contributed by atoms with Crippen LogP contribution in [0.15, 0.2) is 0 Å². The first-order chi connectivity index (χ1) is 7.38. The fraction of sp³-hybridized carbons (Fsp3) is 0.909. The summed E-state index contributed by atoms with van der Waals surface area (Å²) in [4.78, 5) is 13.5. The Balaban J connectivity index is 2.33. The molecular weight excluding hydrogens is 210 g/mol. The smallest absolute Gasteiger partial charge is 0.336 e. The molecule has 5 nitrogen and oxygen atoms in total. The predicted octanol–water partition coefficient (Wildman–Crippen LogP) is 0.0212. The molecule has 1 atom stereocenters.